The Morgan fingerprint density at radius 2 is 1.92 bits per heavy atom. The van der Waals surface area contributed by atoms with Crippen LogP contribution in [0.25, 0.3) is 0 Å². The highest BCUT2D eigenvalue weighted by Gasteiger charge is 2.04. The van der Waals surface area contributed by atoms with Crippen molar-refractivity contribution in [3.05, 3.63) is 23.8 Å². The maximum absolute atomic E-state index is 4.45. The first-order chi connectivity index (χ1) is 5.99. The molecule has 0 aromatic rings. The van der Waals surface area contributed by atoms with E-state index in [9.17, 15) is 0 Å². The van der Waals surface area contributed by atoms with Crippen molar-refractivity contribution in [2.24, 2.45) is 4.99 Å². The molecule has 0 N–H and O–H groups in total. The molecule has 0 aromatic heterocycles. The van der Waals surface area contributed by atoms with Gasteiger partial charge in [0, 0.05) is 6.21 Å². The summed E-state index contributed by atoms with van der Waals surface area (Å²) >= 11 is 0. The topological polar surface area (TPSA) is 12.4 Å². The molecular weight excluding hydrogens is 158 g/mol. The Balaban J connectivity index is 4.44. The Morgan fingerprint density at radius 1 is 1.31 bits per heavy atom. The highest BCUT2D eigenvalue weighted by molar-refractivity contribution is 5.82. The molecule has 0 fully saturated rings. The van der Waals surface area contributed by atoms with Crippen LogP contribution in [0.3, 0.4) is 0 Å². The smallest absolute Gasteiger partial charge is 0.0524 e. The number of hydrogen-bond acceptors (Lipinski definition) is 1. The third-order valence-electron chi connectivity index (χ3n) is 1.40. The van der Waals surface area contributed by atoms with Gasteiger partial charge in [0.25, 0.3) is 0 Å². The van der Waals surface area contributed by atoms with Crippen molar-refractivity contribution in [3.8, 4) is 0 Å². The summed E-state index contributed by atoms with van der Waals surface area (Å²) < 4.78 is 0. The number of aliphatic imine (C=N–C) groups is 1. The third-order valence-corrected chi connectivity index (χ3v) is 1.40. The van der Waals surface area contributed by atoms with Crippen molar-refractivity contribution in [3.63, 3.8) is 0 Å². The van der Waals surface area contributed by atoms with E-state index in [0.717, 1.165) is 6.42 Å². The lowest BCUT2D eigenvalue weighted by Crippen LogP contribution is -2.09. The molecule has 0 bridgehead atoms. The SMILES string of the molecule is C/C=C\C(C=NC(C)(C)C)=C/CC. The first-order valence-corrected chi connectivity index (χ1v) is 4.87. The van der Waals surface area contributed by atoms with E-state index in [1.807, 2.05) is 19.2 Å². The average Bonchev–Trinajstić information content (AvgIpc) is 2.00. The monoisotopic (exact) mass is 179 g/mol. The lowest BCUT2D eigenvalue weighted by Gasteiger charge is -2.10. The molecule has 0 radical (unpaired) electrons. The second-order valence-electron chi connectivity index (χ2n) is 4.04. The molecule has 74 valence electrons. The second kappa shape index (κ2) is 5.74. The van der Waals surface area contributed by atoms with Gasteiger partial charge in [0.1, 0.15) is 0 Å². The van der Waals surface area contributed by atoms with Gasteiger partial charge in [0.15, 0.2) is 0 Å². The summed E-state index contributed by atoms with van der Waals surface area (Å²) in [5.74, 6) is 0. The first-order valence-electron chi connectivity index (χ1n) is 4.87. The van der Waals surface area contributed by atoms with Gasteiger partial charge >= 0.3 is 0 Å². The highest BCUT2D eigenvalue weighted by Crippen LogP contribution is 2.07. The molecule has 0 aliphatic carbocycles. The van der Waals surface area contributed by atoms with Gasteiger partial charge in [-0.15, -0.1) is 0 Å². The van der Waals surface area contributed by atoms with Gasteiger partial charge in [0.05, 0.1) is 5.54 Å². The van der Waals surface area contributed by atoms with Crippen molar-refractivity contribution in [2.45, 2.75) is 46.6 Å². The fourth-order valence-electron chi connectivity index (χ4n) is 0.860. The van der Waals surface area contributed by atoms with Crippen molar-refractivity contribution < 1.29 is 0 Å². The predicted octanol–water partition coefficient (Wildman–Crippen LogP) is 3.77. The van der Waals surface area contributed by atoms with Gasteiger partial charge in [-0.05, 0) is 39.7 Å². The molecule has 0 rings (SSSR count). The van der Waals surface area contributed by atoms with Crippen LogP contribution < -0.4 is 0 Å². The summed E-state index contributed by atoms with van der Waals surface area (Å²) in [6.45, 7) is 10.5. The van der Waals surface area contributed by atoms with E-state index in [2.05, 4.69) is 44.8 Å². The number of allylic oxidation sites excluding steroid dienone is 4. The van der Waals surface area contributed by atoms with Gasteiger partial charge in [-0.2, -0.15) is 0 Å². The number of hydrogen-bond donors (Lipinski definition) is 0. The zero-order valence-electron chi connectivity index (χ0n) is 9.46. The standard InChI is InChI=1S/C12H21N/c1-6-8-11(9-7-2)10-13-12(3,4)5/h6,8-10H,7H2,1-5H3/b8-6-,11-9+,13-10?. The van der Waals surface area contributed by atoms with Crippen LogP contribution in [0.2, 0.25) is 0 Å². The van der Waals surface area contributed by atoms with E-state index in [-0.39, 0.29) is 5.54 Å². The average molecular weight is 179 g/mol. The van der Waals surface area contributed by atoms with Crippen molar-refractivity contribution in [1.82, 2.24) is 0 Å². The molecule has 0 amide bonds. The van der Waals surface area contributed by atoms with Crippen LogP contribution in [0.4, 0.5) is 0 Å². The van der Waals surface area contributed by atoms with E-state index < -0.39 is 0 Å². The summed E-state index contributed by atoms with van der Waals surface area (Å²) in [6.07, 6.45) is 9.30. The van der Waals surface area contributed by atoms with Crippen LogP contribution in [-0.2, 0) is 0 Å². The Hall–Kier alpha value is -0.850. The fraction of sp³-hybridized carbons (Fsp3) is 0.583. The normalized spacial score (nSPS) is 14.7. The Labute approximate surface area is 82.3 Å². The quantitative estimate of drug-likeness (QED) is 0.462. The Bertz CT molecular complexity index is 214. The van der Waals surface area contributed by atoms with Crippen molar-refractivity contribution in [1.29, 1.82) is 0 Å². The van der Waals surface area contributed by atoms with Crippen LogP contribution in [-0.4, -0.2) is 11.8 Å². The fourth-order valence-corrected chi connectivity index (χ4v) is 0.860. The molecule has 0 saturated heterocycles. The van der Waals surface area contributed by atoms with E-state index in [1.54, 1.807) is 0 Å². The minimum atomic E-state index is 0.0222. The van der Waals surface area contributed by atoms with Crippen LogP contribution in [0.15, 0.2) is 28.8 Å². The maximum Gasteiger partial charge on any atom is 0.0524 e. The Morgan fingerprint density at radius 3 is 2.31 bits per heavy atom. The van der Waals surface area contributed by atoms with E-state index in [0.29, 0.717) is 0 Å². The second-order valence-corrected chi connectivity index (χ2v) is 4.04. The maximum atomic E-state index is 4.45. The number of nitrogens with zero attached hydrogens (tertiary/aromatic N) is 1. The van der Waals surface area contributed by atoms with Gasteiger partial charge in [-0.25, -0.2) is 0 Å². The highest BCUT2D eigenvalue weighted by atomic mass is 14.8. The molecule has 0 aliphatic heterocycles. The largest absolute Gasteiger partial charge is 0.287 e. The number of rotatable bonds is 3. The van der Waals surface area contributed by atoms with Crippen molar-refractivity contribution >= 4 is 6.21 Å². The lowest BCUT2D eigenvalue weighted by atomic mass is 10.1. The molecule has 0 heterocycles. The van der Waals surface area contributed by atoms with Crippen molar-refractivity contribution in [2.75, 3.05) is 0 Å². The van der Waals surface area contributed by atoms with Gasteiger partial charge in [-0.3, -0.25) is 4.99 Å². The van der Waals surface area contributed by atoms with Gasteiger partial charge < -0.3 is 0 Å². The molecule has 0 spiro atoms. The van der Waals surface area contributed by atoms with E-state index >= 15 is 0 Å². The zero-order valence-corrected chi connectivity index (χ0v) is 9.46. The van der Waals surface area contributed by atoms with Crippen LogP contribution >= 0.6 is 0 Å². The minimum Gasteiger partial charge on any atom is -0.287 e. The summed E-state index contributed by atoms with van der Waals surface area (Å²) in [4.78, 5) is 4.45. The molecule has 1 nitrogen and oxygen atoms in total. The molecule has 0 aliphatic rings. The van der Waals surface area contributed by atoms with Crippen LogP contribution in [0.5, 0.6) is 0 Å². The minimum absolute atomic E-state index is 0.0222. The molecular formula is C12H21N. The lowest BCUT2D eigenvalue weighted by molar-refractivity contribution is 0.586. The zero-order chi connectivity index (χ0) is 10.3. The van der Waals surface area contributed by atoms with Crippen LogP contribution in [0.1, 0.15) is 41.0 Å². The first kappa shape index (κ1) is 12.2. The summed E-state index contributed by atoms with van der Waals surface area (Å²) in [5, 5.41) is 0. The van der Waals surface area contributed by atoms with Crippen LogP contribution in [0, 0.1) is 0 Å². The van der Waals surface area contributed by atoms with Gasteiger partial charge in [0.2, 0.25) is 0 Å². The molecule has 0 unspecified atom stereocenters. The van der Waals surface area contributed by atoms with E-state index in [4.69, 9.17) is 0 Å². The molecule has 0 aromatic carbocycles. The van der Waals surface area contributed by atoms with E-state index in [1.165, 1.54) is 5.57 Å². The third kappa shape index (κ3) is 7.51. The molecule has 0 atom stereocenters. The Kier molecular flexibility index (Phi) is 5.36. The predicted molar refractivity (Wildman–Crippen MR) is 61.4 cm³/mol. The molecule has 0 saturated carbocycles. The summed E-state index contributed by atoms with van der Waals surface area (Å²) in [5.41, 5.74) is 1.22. The molecule has 1 heteroatoms. The molecule has 13 heavy (non-hydrogen) atoms. The summed E-state index contributed by atoms with van der Waals surface area (Å²) in [7, 11) is 0. The summed E-state index contributed by atoms with van der Waals surface area (Å²) in [6, 6.07) is 0. The van der Waals surface area contributed by atoms with Gasteiger partial charge in [-0.1, -0.05) is 25.2 Å².